The summed E-state index contributed by atoms with van der Waals surface area (Å²) < 4.78 is 22.7. The SMILES string of the molecule is CC(C1=C(c2cccc(F)c2)C(C=O)c2ccccc2O1)n1nc(-c2ccc3cc(O)ccc3c2)c2c(N)ncnc21. The number of phenols is 1. The number of halogens is 1. The van der Waals surface area contributed by atoms with Crippen LogP contribution in [-0.4, -0.2) is 31.1 Å². The highest BCUT2D eigenvalue weighted by atomic mass is 19.1. The zero-order valence-corrected chi connectivity index (χ0v) is 22.4. The predicted octanol–water partition coefficient (Wildman–Crippen LogP) is 6.42. The van der Waals surface area contributed by atoms with Crippen LogP contribution < -0.4 is 10.5 Å². The van der Waals surface area contributed by atoms with Crippen LogP contribution in [0, 0.1) is 5.82 Å². The Bertz CT molecular complexity index is 2070. The topological polar surface area (TPSA) is 116 Å². The van der Waals surface area contributed by atoms with Crippen molar-refractivity contribution in [3.8, 4) is 22.8 Å². The van der Waals surface area contributed by atoms with Gasteiger partial charge in [-0.15, -0.1) is 0 Å². The number of benzene rings is 4. The van der Waals surface area contributed by atoms with E-state index in [4.69, 9.17) is 15.6 Å². The van der Waals surface area contributed by atoms with Crippen LogP contribution in [0.1, 0.15) is 30.0 Å². The van der Waals surface area contributed by atoms with Gasteiger partial charge in [-0.2, -0.15) is 5.10 Å². The first kappa shape index (κ1) is 25.4. The molecule has 0 fully saturated rings. The van der Waals surface area contributed by atoms with Gasteiger partial charge in [0, 0.05) is 16.7 Å². The number of carbonyl (C=O) groups is 1. The molecule has 0 bridgehead atoms. The molecule has 3 heterocycles. The molecule has 1 aliphatic heterocycles. The molecule has 206 valence electrons. The number of ether oxygens (including phenoxy) is 1. The van der Waals surface area contributed by atoms with Crippen LogP contribution in [0.15, 0.2) is 97.0 Å². The average molecular weight is 558 g/mol. The molecular weight excluding hydrogens is 533 g/mol. The third-order valence-corrected chi connectivity index (χ3v) is 7.68. The van der Waals surface area contributed by atoms with Gasteiger partial charge in [0.15, 0.2) is 5.65 Å². The zero-order chi connectivity index (χ0) is 29.0. The number of nitrogen functional groups attached to an aromatic ring is 1. The average Bonchev–Trinajstić information content (AvgIpc) is 3.40. The number of rotatable bonds is 5. The molecule has 0 radical (unpaired) electrons. The summed E-state index contributed by atoms with van der Waals surface area (Å²) in [5, 5.41) is 17.2. The maximum atomic E-state index is 14.5. The van der Waals surface area contributed by atoms with Gasteiger partial charge in [0.25, 0.3) is 0 Å². The molecule has 6 aromatic rings. The number of hydrogen-bond donors (Lipinski definition) is 2. The standard InChI is InChI=1S/C33H24FN5O3/c1-18(31-28(21-5-4-6-23(34)14-21)26(16-40)25-7-2-3-8-27(25)42-31)39-33-29(32(35)36-17-37-33)30(38-39)22-10-9-20-15-24(41)12-11-19(20)13-22/h2-18,26,41H,1H3,(H2,35,36,37). The van der Waals surface area contributed by atoms with Gasteiger partial charge >= 0.3 is 0 Å². The highest BCUT2D eigenvalue weighted by Crippen LogP contribution is 2.46. The van der Waals surface area contributed by atoms with Crippen molar-refractivity contribution in [2.24, 2.45) is 0 Å². The summed E-state index contributed by atoms with van der Waals surface area (Å²) in [7, 11) is 0. The molecule has 0 amide bonds. The fraction of sp³-hybridized carbons (Fsp3) is 0.0909. The Balaban J connectivity index is 1.45. The second-order valence-corrected chi connectivity index (χ2v) is 10.2. The van der Waals surface area contributed by atoms with E-state index in [1.165, 1.54) is 18.5 Å². The van der Waals surface area contributed by atoms with Crippen LogP contribution in [0.25, 0.3) is 38.6 Å². The van der Waals surface area contributed by atoms with E-state index in [9.17, 15) is 14.3 Å². The molecule has 0 saturated heterocycles. The second kappa shape index (κ2) is 9.81. The van der Waals surface area contributed by atoms with Crippen molar-refractivity contribution in [1.29, 1.82) is 0 Å². The monoisotopic (exact) mass is 557 g/mol. The summed E-state index contributed by atoms with van der Waals surface area (Å²) in [6, 6.07) is 23.8. The molecular formula is C33H24FN5O3. The number of hydrogen-bond acceptors (Lipinski definition) is 7. The minimum Gasteiger partial charge on any atom is -0.508 e. The molecule has 1 aliphatic rings. The molecule has 2 unspecified atom stereocenters. The van der Waals surface area contributed by atoms with Crippen LogP contribution in [0.5, 0.6) is 11.5 Å². The van der Waals surface area contributed by atoms with Gasteiger partial charge < -0.3 is 20.4 Å². The maximum absolute atomic E-state index is 14.5. The summed E-state index contributed by atoms with van der Waals surface area (Å²) in [6.07, 6.45) is 2.23. The number of anilines is 1. The summed E-state index contributed by atoms with van der Waals surface area (Å²) in [5.74, 6) is 0.319. The molecule has 42 heavy (non-hydrogen) atoms. The van der Waals surface area contributed by atoms with Crippen molar-refractivity contribution in [2.45, 2.75) is 18.9 Å². The molecule has 4 aromatic carbocycles. The Labute approximate surface area is 239 Å². The minimum absolute atomic E-state index is 0.182. The van der Waals surface area contributed by atoms with Crippen molar-refractivity contribution >= 4 is 39.5 Å². The first-order chi connectivity index (χ1) is 20.4. The summed E-state index contributed by atoms with van der Waals surface area (Å²) in [4.78, 5) is 21.4. The number of para-hydroxylation sites is 1. The lowest BCUT2D eigenvalue weighted by Crippen LogP contribution is -2.23. The van der Waals surface area contributed by atoms with Crippen molar-refractivity contribution in [3.63, 3.8) is 0 Å². The first-order valence-electron chi connectivity index (χ1n) is 13.4. The number of nitrogens with two attached hydrogens (primary N) is 1. The fourth-order valence-electron chi connectivity index (χ4n) is 5.70. The van der Waals surface area contributed by atoms with E-state index in [1.807, 2.05) is 49.4 Å². The first-order valence-corrected chi connectivity index (χ1v) is 13.4. The molecule has 0 spiro atoms. The molecule has 9 heteroatoms. The Morgan fingerprint density at radius 1 is 0.976 bits per heavy atom. The highest BCUT2D eigenvalue weighted by Gasteiger charge is 2.35. The van der Waals surface area contributed by atoms with Crippen molar-refractivity contribution in [1.82, 2.24) is 19.7 Å². The van der Waals surface area contributed by atoms with Crippen LogP contribution in [0.3, 0.4) is 0 Å². The lowest BCUT2D eigenvalue weighted by atomic mass is 9.83. The van der Waals surface area contributed by atoms with Crippen LogP contribution >= 0.6 is 0 Å². The Morgan fingerprint density at radius 3 is 2.62 bits per heavy atom. The van der Waals surface area contributed by atoms with Gasteiger partial charge in [-0.05, 0) is 59.7 Å². The lowest BCUT2D eigenvalue weighted by molar-refractivity contribution is -0.108. The fourth-order valence-corrected chi connectivity index (χ4v) is 5.70. The Kier molecular flexibility index (Phi) is 5.93. The van der Waals surface area contributed by atoms with E-state index in [-0.39, 0.29) is 11.6 Å². The third-order valence-electron chi connectivity index (χ3n) is 7.68. The largest absolute Gasteiger partial charge is 0.508 e. The van der Waals surface area contributed by atoms with Gasteiger partial charge in [0.1, 0.15) is 53.2 Å². The molecule has 7 rings (SSSR count). The smallest absolute Gasteiger partial charge is 0.164 e. The minimum atomic E-state index is -0.688. The number of fused-ring (bicyclic) bond motifs is 3. The van der Waals surface area contributed by atoms with Crippen molar-refractivity contribution < 1.29 is 19.0 Å². The number of aldehydes is 1. The number of aromatic hydroxyl groups is 1. The molecule has 2 atom stereocenters. The van der Waals surface area contributed by atoms with Crippen LogP contribution in [0.2, 0.25) is 0 Å². The van der Waals surface area contributed by atoms with Crippen LogP contribution in [0.4, 0.5) is 10.2 Å². The molecule has 2 aromatic heterocycles. The quantitative estimate of drug-likeness (QED) is 0.235. The number of carbonyl (C=O) groups excluding carboxylic acids is 1. The molecule has 3 N–H and O–H groups in total. The van der Waals surface area contributed by atoms with E-state index in [0.717, 1.165) is 22.6 Å². The van der Waals surface area contributed by atoms with E-state index in [1.54, 1.807) is 35.0 Å². The van der Waals surface area contributed by atoms with Gasteiger partial charge in [-0.1, -0.05) is 48.5 Å². The molecule has 0 aliphatic carbocycles. The van der Waals surface area contributed by atoms with E-state index < -0.39 is 17.8 Å². The van der Waals surface area contributed by atoms with E-state index in [0.29, 0.717) is 44.9 Å². The van der Waals surface area contributed by atoms with Crippen molar-refractivity contribution in [2.75, 3.05) is 5.73 Å². The third kappa shape index (κ3) is 4.05. The Morgan fingerprint density at radius 2 is 1.79 bits per heavy atom. The predicted molar refractivity (Wildman–Crippen MR) is 158 cm³/mol. The van der Waals surface area contributed by atoms with E-state index in [2.05, 4.69) is 9.97 Å². The number of nitrogens with zero attached hydrogens (tertiary/aromatic N) is 4. The number of allylic oxidation sites excluding steroid dienone is 2. The number of aromatic nitrogens is 4. The lowest BCUT2D eigenvalue weighted by Gasteiger charge is -2.31. The normalized spacial score (nSPS) is 15.4. The van der Waals surface area contributed by atoms with E-state index >= 15 is 0 Å². The molecule has 8 nitrogen and oxygen atoms in total. The highest BCUT2D eigenvalue weighted by molar-refractivity contribution is 6.00. The summed E-state index contributed by atoms with van der Waals surface area (Å²) >= 11 is 0. The Hall–Kier alpha value is -5.57. The summed E-state index contributed by atoms with van der Waals surface area (Å²) in [5.41, 5.74) is 10.0. The maximum Gasteiger partial charge on any atom is 0.164 e. The van der Waals surface area contributed by atoms with Gasteiger partial charge in [0.2, 0.25) is 0 Å². The second-order valence-electron chi connectivity index (χ2n) is 10.2. The number of phenolic OH excluding ortho intramolecular Hbond substituents is 1. The van der Waals surface area contributed by atoms with Crippen molar-refractivity contribution in [3.05, 3.63) is 114 Å². The zero-order valence-electron chi connectivity index (χ0n) is 22.4. The van der Waals surface area contributed by atoms with Crippen LogP contribution in [-0.2, 0) is 4.79 Å². The van der Waals surface area contributed by atoms with Gasteiger partial charge in [0.05, 0.1) is 11.3 Å². The molecule has 0 saturated carbocycles. The van der Waals surface area contributed by atoms with Gasteiger partial charge in [-0.3, -0.25) is 0 Å². The summed E-state index contributed by atoms with van der Waals surface area (Å²) in [6.45, 7) is 1.89. The van der Waals surface area contributed by atoms with Gasteiger partial charge in [-0.25, -0.2) is 19.0 Å².